The zero-order valence-electron chi connectivity index (χ0n) is 6.02. The number of phenolic OH excluding ortho intramolecular Hbond substituents is 1. The number of benzene rings is 1. The van der Waals surface area contributed by atoms with Crippen molar-refractivity contribution in [2.45, 2.75) is 0 Å². The molecule has 2 rings (SSSR count). The molecule has 0 aliphatic rings. The van der Waals surface area contributed by atoms with E-state index in [9.17, 15) is 0 Å². The molecule has 4 heteroatoms. The maximum atomic E-state index is 9.06. The average molecular weight is 149 g/mol. The summed E-state index contributed by atoms with van der Waals surface area (Å²) in [5.74, 6) is 0.220. The van der Waals surface area contributed by atoms with Gasteiger partial charge in [0.05, 0.1) is 5.52 Å². The predicted octanol–water partition coefficient (Wildman–Crippen LogP) is 0.674. The zero-order valence-corrected chi connectivity index (χ0v) is 6.02. The van der Waals surface area contributed by atoms with Crippen LogP contribution in [0.1, 0.15) is 0 Å². The Morgan fingerprint density at radius 3 is 3.09 bits per heavy atom. The van der Waals surface area contributed by atoms with Crippen molar-refractivity contribution in [3.05, 3.63) is 18.2 Å². The molecule has 0 unspecified atom stereocenters. The Morgan fingerprint density at radius 2 is 2.27 bits per heavy atom. The molecule has 2 aromatic rings. The van der Waals surface area contributed by atoms with Crippen LogP contribution < -0.4 is 0 Å². The van der Waals surface area contributed by atoms with Crippen molar-refractivity contribution in [2.24, 2.45) is 7.05 Å². The number of rotatable bonds is 0. The Kier molecular flexibility index (Phi) is 1.09. The summed E-state index contributed by atoms with van der Waals surface area (Å²) in [7, 11) is 1.81. The van der Waals surface area contributed by atoms with Crippen LogP contribution in [0.5, 0.6) is 5.75 Å². The third kappa shape index (κ3) is 0.832. The van der Waals surface area contributed by atoms with E-state index in [1.165, 1.54) is 0 Å². The SMILES string of the molecule is Cn1nnc2cc(O)ccc21. The number of nitrogens with zero attached hydrogens (tertiary/aromatic N) is 3. The largest absolute Gasteiger partial charge is 0.508 e. The molecular formula is C7H7N3O. The van der Waals surface area contributed by atoms with Gasteiger partial charge in [-0.25, -0.2) is 4.68 Å². The normalized spacial score (nSPS) is 10.6. The third-order valence-corrected chi connectivity index (χ3v) is 1.59. The number of hydrogen-bond donors (Lipinski definition) is 1. The summed E-state index contributed by atoms with van der Waals surface area (Å²) in [5.41, 5.74) is 1.63. The summed E-state index contributed by atoms with van der Waals surface area (Å²) in [5, 5.41) is 16.7. The molecule has 56 valence electrons. The van der Waals surface area contributed by atoms with E-state index >= 15 is 0 Å². The molecule has 0 radical (unpaired) electrons. The monoisotopic (exact) mass is 149 g/mol. The van der Waals surface area contributed by atoms with Gasteiger partial charge in [-0.15, -0.1) is 5.10 Å². The second-order valence-corrected chi connectivity index (χ2v) is 2.39. The molecule has 0 saturated heterocycles. The topological polar surface area (TPSA) is 50.9 Å². The van der Waals surface area contributed by atoms with Crippen molar-refractivity contribution in [3.8, 4) is 5.75 Å². The summed E-state index contributed by atoms with van der Waals surface area (Å²) in [6.07, 6.45) is 0. The molecule has 11 heavy (non-hydrogen) atoms. The summed E-state index contributed by atoms with van der Waals surface area (Å²) in [6, 6.07) is 4.98. The highest BCUT2D eigenvalue weighted by atomic mass is 16.3. The van der Waals surface area contributed by atoms with E-state index in [0.717, 1.165) is 5.52 Å². The number of aromatic hydroxyl groups is 1. The van der Waals surface area contributed by atoms with E-state index in [1.807, 2.05) is 7.05 Å². The molecule has 0 atom stereocenters. The number of aromatic nitrogens is 3. The van der Waals surface area contributed by atoms with Crippen LogP contribution in [0.25, 0.3) is 11.0 Å². The molecule has 0 spiro atoms. The van der Waals surface area contributed by atoms with Gasteiger partial charge in [0.1, 0.15) is 11.3 Å². The fraction of sp³-hybridized carbons (Fsp3) is 0.143. The molecule has 4 nitrogen and oxygen atoms in total. The first-order chi connectivity index (χ1) is 5.27. The van der Waals surface area contributed by atoms with Crippen LogP contribution in [0.4, 0.5) is 0 Å². The molecule has 1 aromatic heterocycles. The van der Waals surface area contributed by atoms with Gasteiger partial charge in [0, 0.05) is 13.1 Å². The van der Waals surface area contributed by atoms with Gasteiger partial charge in [-0.2, -0.15) is 0 Å². The predicted molar refractivity (Wildman–Crippen MR) is 40.2 cm³/mol. The molecule has 0 aliphatic carbocycles. The molecule has 0 fully saturated rings. The quantitative estimate of drug-likeness (QED) is 0.599. The summed E-state index contributed by atoms with van der Waals surface area (Å²) in [6.45, 7) is 0. The minimum atomic E-state index is 0.220. The van der Waals surface area contributed by atoms with Gasteiger partial charge in [-0.05, 0) is 12.1 Å². The first-order valence-electron chi connectivity index (χ1n) is 3.26. The lowest BCUT2D eigenvalue weighted by Crippen LogP contribution is -1.88. The molecule has 0 amide bonds. The second-order valence-electron chi connectivity index (χ2n) is 2.39. The van der Waals surface area contributed by atoms with Crippen LogP contribution in [-0.4, -0.2) is 20.1 Å². The van der Waals surface area contributed by atoms with E-state index in [4.69, 9.17) is 5.11 Å². The van der Waals surface area contributed by atoms with Gasteiger partial charge in [-0.1, -0.05) is 5.21 Å². The van der Waals surface area contributed by atoms with Crippen LogP contribution in [-0.2, 0) is 7.05 Å². The maximum Gasteiger partial charge on any atom is 0.117 e. The molecule has 0 saturated carbocycles. The zero-order chi connectivity index (χ0) is 7.84. The van der Waals surface area contributed by atoms with Crippen molar-refractivity contribution in [1.29, 1.82) is 0 Å². The Balaban J connectivity index is 2.86. The van der Waals surface area contributed by atoms with Crippen LogP contribution >= 0.6 is 0 Å². The van der Waals surface area contributed by atoms with Gasteiger partial charge in [0.2, 0.25) is 0 Å². The van der Waals surface area contributed by atoms with Gasteiger partial charge in [0.15, 0.2) is 0 Å². The van der Waals surface area contributed by atoms with Crippen molar-refractivity contribution in [2.75, 3.05) is 0 Å². The molecule has 1 N–H and O–H groups in total. The second kappa shape index (κ2) is 1.95. The van der Waals surface area contributed by atoms with Crippen molar-refractivity contribution in [3.63, 3.8) is 0 Å². The van der Waals surface area contributed by atoms with Crippen LogP contribution in [0.15, 0.2) is 18.2 Å². The lowest BCUT2D eigenvalue weighted by molar-refractivity contribution is 0.476. The Morgan fingerprint density at radius 1 is 1.45 bits per heavy atom. The van der Waals surface area contributed by atoms with E-state index in [2.05, 4.69) is 10.3 Å². The van der Waals surface area contributed by atoms with E-state index in [0.29, 0.717) is 5.52 Å². The number of phenols is 1. The first kappa shape index (κ1) is 6.15. The van der Waals surface area contributed by atoms with Crippen molar-refractivity contribution >= 4 is 11.0 Å². The Hall–Kier alpha value is -1.58. The lowest BCUT2D eigenvalue weighted by Gasteiger charge is -1.91. The van der Waals surface area contributed by atoms with Crippen molar-refractivity contribution < 1.29 is 5.11 Å². The van der Waals surface area contributed by atoms with Crippen LogP contribution in [0.2, 0.25) is 0 Å². The lowest BCUT2D eigenvalue weighted by atomic mass is 10.3. The van der Waals surface area contributed by atoms with Crippen LogP contribution in [0.3, 0.4) is 0 Å². The molecule has 1 heterocycles. The Labute approximate surface area is 63.1 Å². The van der Waals surface area contributed by atoms with Gasteiger partial charge in [-0.3, -0.25) is 0 Å². The maximum absolute atomic E-state index is 9.06. The van der Waals surface area contributed by atoms with Gasteiger partial charge >= 0.3 is 0 Å². The Bertz CT molecular complexity index is 393. The standard InChI is InChI=1S/C7H7N3O/c1-10-7-3-2-5(11)4-6(7)8-9-10/h2-4,11H,1H3. The minimum Gasteiger partial charge on any atom is -0.508 e. The smallest absolute Gasteiger partial charge is 0.117 e. The molecule has 1 aromatic carbocycles. The van der Waals surface area contributed by atoms with E-state index < -0.39 is 0 Å². The molecule has 0 bridgehead atoms. The summed E-state index contributed by atoms with van der Waals surface area (Å²) in [4.78, 5) is 0. The number of aryl methyl sites for hydroxylation is 1. The third-order valence-electron chi connectivity index (χ3n) is 1.59. The van der Waals surface area contributed by atoms with Crippen LogP contribution in [0, 0.1) is 0 Å². The minimum absolute atomic E-state index is 0.220. The summed E-state index contributed by atoms with van der Waals surface area (Å²) >= 11 is 0. The number of fused-ring (bicyclic) bond motifs is 1. The van der Waals surface area contributed by atoms with Crippen molar-refractivity contribution in [1.82, 2.24) is 15.0 Å². The van der Waals surface area contributed by atoms with Gasteiger partial charge in [0.25, 0.3) is 0 Å². The molecular weight excluding hydrogens is 142 g/mol. The average Bonchev–Trinajstić information content (AvgIpc) is 2.32. The summed E-state index contributed by atoms with van der Waals surface area (Å²) < 4.78 is 1.66. The highest BCUT2D eigenvalue weighted by Gasteiger charge is 1.99. The highest BCUT2D eigenvalue weighted by molar-refractivity contribution is 5.75. The first-order valence-corrected chi connectivity index (χ1v) is 3.26. The van der Waals surface area contributed by atoms with Gasteiger partial charge < -0.3 is 5.11 Å². The fourth-order valence-electron chi connectivity index (χ4n) is 1.03. The molecule has 0 aliphatic heterocycles. The van der Waals surface area contributed by atoms with E-state index in [1.54, 1.807) is 22.9 Å². The number of hydrogen-bond acceptors (Lipinski definition) is 3. The highest BCUT2D eigenvalue weighted by Crippen LogP contribution is 2.15. The van der Waals surface area contributed by atoms with E-state index in [-0.39, 0.29) is 5.75 Å². The fourth-order valence-corrected chi connectivity index (χ4v) is 1.03.